The van der Waals surface area contributed by atoms with Gasteiger partial charge in [-0.05, 0) is 32.9 Å². The van der Waals surface area contributed by atoms with Gasteiger partial charge in [-0.3, -0.25) is 9.36 Å². The molecule has 2 rings (SSSR count). The van der Waals surface area contributed by atoms with Crippen LogP contribution < -0.4 is 5.56 Å². The number of rotatable bonds is 1. The fraction of sp³-hybridized carbons (Fsp3) is 0.286. The Hall–Kier alpha value is -2.08. The summed E-state index contributed by atoms with van der Waals surface area (Å²) in [5.74, 6) is 3.26. The summed E-state index contributed by atoms with van der Waals surface area (Å²) in [6, 6.07) is 7.29. The van der Waals surface area contributed by atoms with E-state index in [1.54, 1.807) is 17.6 Å². The standard InChI is InChI=1S/C14H14N2O/c1-5-14(3,4)16-10(2)15-12-9-7-6-8-11(12)13(16)17/h1,6-9H,2-4H3. The molecule has 86 valence electrons. The van der Waals surface area contributed by atoms with Crippen molar-refractivity contribution in [3.63, 3.8) is 0 Å². The minimum absolute atomic E-state index is 0.0870. The molecule has 0 aliphatic heterocycles. The number of benzene rings is 1. The Kier molecular flexibility index (Phi) is 2.51. The Bertz CT molecular complexity index is 675. The Morgan fingerprint density at radius 1 is 1.35 bits per heavy atom. The van der Waals surface area contributed by atoms with Gasteiger partial charge < -0.3 is 0 Å². The number of fused-ring (bicyclic) bond motifs is 1. The Morgan fingerprint density at radius 2 is 2.00 bits per heavy atom. The largest absolute Gasteiger partial charge is 0.280 e. The predicted molar refractivity (Wildman–Crippen MR) is 68.9 cm³/mol. The number of nitrogens with zero attached hydrogens (tertiary/aromatic N) is 2. The SMILES string of the molecule is C#CC(C)(C)n1c(C)nc2ccccc2c1=O. The number of para-hydroxylation sites is 1. The number of aryl methyl sites for hydroxylation is 1. The van der Waals surface area contributed by atoms with Crippen LogP contribution in [0, 0.1) is 19.3 Å². The summed E-state index contributed by atoms with van der Waals surface area (Å²) in [5, 5.41) is 0.599. The zero-order valence-electron chi connectivity index (χ0n) is 10.2. The molecule has 3 heteroatoms. The van der Waals surface area contributed by atoms with E-state index in [0.717, 1.165) is 0 Å². The van der Waals surface area contributed by atoms with Gasteiger partial charge in [-0.1, -0.05) is 18.1 Å². The van der Waals surface area contributed by atoms with Crippen LogP contribution in [0.25, 0.3) is 10.9 Å². The molecule has 0 atom stereocenters. The molecule has 0 saturated carbocycles. The van der Waals surface area contributed by atoms with E-state index in [0.29, 0.717) is 16.7 Å². The Balaban J connectivity index is 2.93. The van der Waals surface area contributed by atoms with Crippen LogP contribution in [-0.4, -0.2) is 9.55 Å². The lowest BCUT2D eigenvalue weighted by Gasteiger charge is -2.23. The van der Waals surface area contributed by atoms with Gasteiger partial charge in [-0.2, -0.15) is 0 Å². The van der Waals surface area contributed by atoms with Crippen LogP contribution in [0.2, 0.25) is 0 Å². The maximum absolute atomic E-state index is 12.4. The molecule has 1 aromatic heterocycles. The Labute approximate surface area is 100 Å². The molecule has 0 N–H and O–H groups in total. The van der Waals surface area contributed by atoms with Gasteiger partial charge in [0.2, 0.25) is 0 Å². The lowest BCUT2D eigenvalue weighted by atomic mass is 10.1. The fourth-order valence-electron chi connectivity index (χ4n) is 1.97. The second-order valence-electron chi connectivity index (χ2n) is 4.52. The van der Waals surface area contributed by atoms with Crippen LogP contribution in [0.5, 0.6) is 0 Å². The first-order valence-electron chi connectivity index (χ1n) is 5.44. The summed E-state index contributed by atoms with van der Waals surface area (Å²) in [5.41, 5.74) is -0.0480. The van der Waals surface area contributed by atoms with Crippen LogP contribution in [0.4, 0.5) is 0 Å². The smallest absolute Gasteiger partial charge is 0.262 e. The zero-order chi connectivity index (χ0) is 12.6. The van der Waals surface area contributed by atoms with E-state index in [4.69, 9.17) is 6.42 Å². The summed E-state index contributed by atoms with van der Waals surface area (Å²) in [6.45, 7) is 5.46. The zero-order valence-corrected chi connectivity index (χ0v) is 10.2. The summed E-state index contributed by atoms with van der Waals surface area (Å²) in [4.78, 5) is 16.8. The van der Waals surface area contributed by atoms with E-state index >= 15 is 0 Å². The maximum atomic E-state index is 12.4. The van der Waals surface area contributed by atoms with Crippen molar-refractivity contribution in [3.8, 4) is 12.3 Å². The summed E-state index contributed by atoms with van der Waals surface area (Å²) >= 11 is 0. The molecule has 0 bridgehead atoms. The molecule has 1 heterocycles. The van der Waals surface area contributed by atoms with Gasteiger partial charge in [0.1, 0.15) is 11.4 Å². The van der Waals surface area contributed by atoms with E-state index in [1.807, 2.05) is 32.0 Å². The monoisotopic (exact) mass is 226 g/mol. The van der Waals surface area contributed by atoms with Crippen LogP contribution in [0.1, 0.15) is 19.7 Å². The average Bonchev–Trinajstić information content (AvgIpc) is 2.28. The fourth-order valence-corrected chi connectivity index (χ4v) is 1.97. The first-order valence-corrected chi connectivity index (χ1v) is 5.44. The second-order valence-corrected chi connectivity index (χ2v) is 4.52. The highest BCUT2D eigenvalue weighted by Crippen LogP contribution is 2.15. The van der Waals surface area contributed by atoms with Gasteiger partial charge in [-0.25, -0.2) is 4.98 Å². The van der Waals surface area contributed by atoms with Crippen LogP contribution in [-0.2, 0) is 5.54 Å². The average molecular weight is 226 g/mol. The molecule has 17 heavy (non-hydrogen) atoms. The normalized spacial score (nSPS) is 11.4. The highest BCUT2D eigenvalue weighted by Gasteiger charge is 2.21. The topological polar surface area (TPSA) is 34.9 Å². The molecular formula is C14H14N2O. The van der Waals surface area contributed by atoms with Crippen molar-refractivity contribution in [2.75, 3.05) is 0 Å². The van der Waals surface area contributed by atoms with Crippen molar-refractivity contribution in [1.82, 2.24) is 9.55 Å². The highest BCUT2D eigenvalue weighted by molar-refractivity contribution is 5.77. The molecular weight excluding hydrogens is 212 g/mol. The molecule has 0 saturated heterocycles. The summed E-state index contributed by atoms with van der Waals surface area (Å²) < 4.78 is 1.56. The molecule has 0 aliphatic carbocycles. The molecule has 0 unspecified atom stereocenters. The third-order valence-electron chi connectivity index (χ3n) is 2.86. The van der Waals surface area contributed by atoms with E-state index in [-0.39, 0.29) is 5.56 Å². The van der Waals surface area contributed by atoms with Crippen LogP contribution in [0.15, 0.2) is 29.1 Å². The number of hydrogen-bond acceptors (Lipinski definition) is 2. The predicted octanol–water partition coefficient (Wildman–Crippen LogP) is 2.07. The number of terminal acetylenes is 1. The van der Waals surface area contributed by atoms with Gasteiger partial charge in [-0.15, -0.1) is 6.42 Å². The second kappa shape index (κ2) is 3.74. The van der Waals surface area contributed by atoms with Crippen molar-refractivity contribution in [2.24, 2.45) is 0 Å². The molecule has 0 amide bonds. The van der Waals surface area contributed by atoms with E-state index in [1.165, 1.54) is 0 Å². The van der Waals surface area contributed by atoms with Crippen LogP contribution >= 0.6 is 0 Å². The van der Waals surface area contributed by atoms with Gasteiger partial charge >= 0.3 is 0 Å². The summed E-state index contributed by atoms with van der Waals surface area (Å²) in [7, 11) is 0. The lowest BCUT2D eigenvalue weighted by Crippen LogP contribution is -2.37. The molecule has 0 fully saturated rings. The lowest BCUT2D eigenvalue weighted by molar-refractivity contribution is 0.443. The maximum Gasteiger partial charge on any atom is 0.262 e. The third kappa shape index (κ3) is 1.72. The van der Waals surface area contributed by atoms with Gasteiger partial charge in [0, 0.05) is 0 Å². The number of hydrogen-bond donors (Lipinski definition) is 0. The first kappa shape index (κ1) is 11.4. The van der Waals surface area contributed by atoms with Crippen molar-refractivity contribution >= 4 is 10.9 Å². The Morgan fingerprint density at radius 3 is 2.65 bits per heavy atom. The molecule has 3 nitrogen and oxygen atoms in total. The minimum atomic E-state index is -0.668. The first-order chi connectivity index (χ1) is 7.97. The van der Waals surface area contributed by atoms with Gasteiger partial charge in [0.15, 0.2) is 0 Å². The molecule has 0 spiro atoms. The molecule has 0 aliphatic rings. The molecule has 0 radical (unpaired) electrons. The third-order valence-corrected chi connectivity index (χ3v) is 2.86. The molecule has 2 aromatic rings. The van der Waals surface area contributed by atoms with Crippen molar-refractivity contribution in [1.29, 1.82) is 0 Å². The van der Waals surface area contributed by atoms with Crippen molar-refractivity contribution < 1.29 is 0 Å². The van der Waals surface area contributed by atoms with Gasteiger partial charge in [0.05, 0.1) is 10.9 Å². The van der Waals surface area contributed by atoms with Crippen molar-refractivity contribution in [2.45, 2.75) is 26.3 Å². The molecule has 1 aromatic carbocycles. The van der Waals surface area contributed by atoms with Crippen LogP contribution in [0.3, 0.4) is 0 Å². The van der Waals surface area contributed by atoms with Crippen molar-refractivity contribution in [3.05, 3.63) is 40.4 Å². The van der Waals surface area contributed by atoms with Gasteiger partial charge in [0.25, 0.3) is 5.56 Å². The summed E-state index contributed by atoms with van der Waals surface area (Å²) in [6.07, 6.45) is 5.48. The number of aromatic nitrogens is 2. The van der Waals surface area contributed by atoms with E-state index in [9.17, 15) is 4.79 Å². The van der Waals surface area contributed by atoms with E-state index in [2.05, 4.69) is 10.9 Å². The highest BCUT2D eigenvalue weighted by atomic mass is 16.1. The minimum Gasteiger partial charge on any atom is -0.280 e. The quantitative estimate of drug-likeness (QED) is 0.698. The van der Waals surface area contributed by atoms with E-state index < -0.39 is 5.54 Å².